The van der Waals surface area contributed by atoms with Crippen molar-refractivity contribution in [3.05, 3.63) is 72.7 Å². The Hall–Kier alpha value is -3.14. The Morgan fingerprint density at radius 1 is 1.00 bits per heavy atom. The lowest BCUT2D eigenvalue weighted by Crippen LogP contribution is -2.51. The van der Waals surface area contributed by atoms with Crippen molar-refractivity contribution in [2.45, 2.75) is 25.6 Å². The molecule has 4 heterocycles. The highest BCUT2D eigenvalue weighted by Crippen LogP contribution is 2.55. The van der Waals surface area contributed by atoms with Crippen molar-refractivity contribution in [2.75, 3.05) is 9.80 Å². The molecule has 1 unspecified atom stereocenters. The van der Waals surface area contributed by atoms with Gasteiger partial charge in [0.25, 0.3) is 0 Å². The summed E-state index contributed by atoms with van der Waals surface area (Å²) in [4.78, 5) is 14.1. The molecule has 0 fully saturated rings. The molecular formula is C22H18N4. The van der Waals surface area contributed by atoms with Crippen LogP contribution in [0.15, 0.2) is 67.2 Å². The molecule has 0 bridgehead atoms. The van der Waals surface area contributed by atoms with Crippen LogP contribution in [0.2, 0.25) is 0 Å². The normalized spacial score (nSPS) is 20.9. The Labute approximate surface area is 152 Å². The van der Waals surface area contributed by atoms with Crippen LogP contribution in [0, 0.1) is 0 Å². The quantitative estimate of drug-likeness (QED) is 0.600. The van der Waals surface area contributed by atoms with Crippen LogP contribution in [0.1, 0.15) is 19.4 Å². The summed E-state index contributed by atoms with van der Waals surface area (Å²) in [5.74, 6) is 0.993. The van der Waals surface area contributed by atoms with Gasteiger partial charge in [0.05, 0.1) is 11.2 Å². The van der Waals surface area contributed by atoms with Gasteiger partial charge in [0, 0.05) is 11.8 Å². The van der Waals surface area contributed by atoms with E-state index in [0.29, 0.717) is 0 Å². The van der Waals surface area contributed by atoms with Crippen LogP contribution in [-0.2, 0) is 5.54 Å². The van der Waals surface area contributed by atoms with E-state index >= 15 is 0 Å². The van der Waals surface area contributed by atoms with Crippen LogP contribution in [0.3, 0.4) is 0 Å². The molecule has 3 aliphatic rings. The van der Waals surface area contributed by atoms with E-state index in [1.54, 1.807) is 6.33 Å². The number of hydrogen-bond donors (Lipinski definition) is 0. The predicted molar refractivity (Wildman–Crippen MR) is 105 cm³/mol. The van der Waals surface area contributed by atoms with Crippen LogP contribution >= 0.6 is 0 Å². The number of fused-ring (bicyclic) bond motifs is 6. The van der Waals surface area contributed by atoms with Crippen LogP contribution in [0.5, 0.6) is 0 Å². The first-order valence-corrected chi connectivity index (χ1v) is 8.97. The van der Waals surface area contributed by atoms with Gasteiger partial charge in [-0.15, -0.1) is 0 Å². The third-order valence-corrected chi connectivity index (χ3v) is 5.88. The Bertz CT molecular complexity index is 1140. The first kappa shape index (κ1) is 14.1. The molecule has 6 rings (SSSR count). The maximum absolute atomic E-state index is 4.71. The van der Waals surface area contributed by atoms with E-state index in [4.69, 9.17) is 4.98 Å². The largest absolute Gasteiger partial charge is 0.333 e. The highest BCUT2D eigenvalue weighted by molar-refractivity contribution is 5.98. The molecule has 3 aliphatic heterocycles. The zero-order valence-electron chi connectivity index (χ0n) is 14.7. The molecule has 0 amide bonds. The SMILES string of the molecule is CC1(C)c2cc3ccccc3cc2-c2ncnc3c2N1C1C=CC=CN31. The van der Waals surface area contributed by atoms with E-state index in [1.807, 2.05) is 0 Å². The molecule has 1 atom stereocenters. The highest BCUT2D eigenvalue weighted by Gasteiger charge is 2.49. The van der Waals surface area contributed by atoms with Gasteiger partial charge in [-0.3, -0.25) is 0 Å². The Morgan fingerprint density at radius 3 is 2.65 bits per heavy atom. The lowest BCUT2D eigenvalue weighted by Gasteiger charge is -2.46. The van der Waals surface area contributed by atoms with Gasteiger partial charge in [0.15, 0.2) is 5.82 Å². The van der Waals surface area contributed by atoms with Crippen LogP contribution in [0.4, 0.5) is 11.5 Å². The number of hydrogen-bond acceptors (Lipinski definition) is 4. The van der Waals surface area contributed by atoms with E-state index in [2.05, 4.69) is 89.5 Å². The number of aromatic nitrogens is 2. The molecule has 4 nitrogen and oxygen atoms in total. The van der Waals surface area contributed by atoms with Crippen molar-refractivity contribution >= 4 is 22.3 Å². The fourth-order valence-electron chi connectivity index (χ4n) is 4.69. The third kappa shape index (κ3) is 1.55. The molecule has 0 aliphatic carbocycles. The van der Waals surface area contributed by atoms with Crippen molar-refractivity contribution in [1.82, 2.24) is 9.97 Å². The fourth-order valence-corrected chi connectivity index (χ4v) is 4.69. The molecule has 2 aromatic carbocycles. The molecule has 26 heavy (non-hydrogen) atoms. The third-order valence-electron chi connectivity index (χ3n) is 5.88. The van der Waals surface area contributed by atoms with Gasteiger partial charge < -0.3 is 9.80 Å². The van der Waals surface area contributed by atoms with E-state index < -0.39 is 0 Å². The van der Waals surface area contributed by atoms with Crippen molar-refractivity contribution in [3.8, 4) is 11.3 Å². The Morgan fingerprint density at radius 2 is 1.81 bits per heavy atom. The number of benzene rings is 2. The first-order chi connectivity index (χ1) is 12.7. The summed E-state index contributed by atoms with van der Waals surface area (Å²) < 4.78 is 0. The van der Waals surface area contributed by atoms with E-state index in [1.165, 1.54) is 21.9 Å². The molecule has 0 saturated carbocycles. The standard InChI is InChI=1S/C22H18N4/c1-22(2)17-12-15-8-4-3-7-14(15)11-16(17)19-20-21(24-13-23-19)25-10-6-5-9-18(25)26(20)22/h3-13,18H,1-2H3. The number of anilines is 2. The molecule has 0 saturated heterocycles. The minimum Gasteiger partial charge on any atom is -0.333 e. The minimum absolute atomic E-state index is 0.139. The lowest BCUT2D eigenvalue weighted by molar-refractivity contribution is 0.459. The second-order valence-electron chi connectivity index (χ2n) is 7.62. The maximum Gasteiger partial charge on any atom is 0.162 e. The second kappa shape index (κ2) is 4.52. The highest BCUT2D eigenvalue weighted by atomic mass is 15.5. The zero-order valence-corrected chi connectivity index (χ0v) is 14.7. The zero-order chi connectivity index (χ0) is 17.5. The topological polar surface area (TPSA) is 32.3 Å². The summed E-state index contributed by atoms with van der Waals surface area (Å²) in [5, 5.41) is 2.52. The molecule has 4 heteroatoms. The van der Waals surface area contributed by atoms with Gasteiger partial charge in [-0.2, -0.15) is 0 Å². The second-order valence-corrected chi connectivity index (χ2v) is 7.62. The summed E-state index contributed by atoms with van der Waals surface area (Å²) in [5.41, 5.74) is 4.54. The van der Waals surface area contributed by atoms with Crippen molar-refractivity contribution in [1.29, 1.82) is 0 Å². The maximum atomic E-state index is 4.71. The van der Waals surface area contributed by atoms with E-state index in [-0.39, 0.29) is 11.7 Å². The van der Waals surface area contributed by atoms with E-state index in [0.717, 1.165) is 17.2 Å². The van der Waals surface area contributed by atoms with Crippen molar-refractivity contribution in [2.24, 2.45) is 0 Å². The molecular weight excluding hydrogens is 320 g/mol. The molecule has 126 valence electrons. The van der Waals surface area contributed by atoms with Crippen LogP contribution in [-0.4, -0.2) is 16.1 Å². The number of allylic oxidation sites excluding steroid dienone is 2. The Balaban J connectivity index is 1.73. The molecule has 3 aromatic rings. The lowest BCUT2D eigenvalue weighted by atomic mass is 9.81. The summed E-state index contributed by atoms with van der Waals surface area (Å²) in [6, 6.07) is 13.2. The van der Waals surface area contributed by atoms with Gasteiger partial charge in [0.2, 0.25) is 0 Å². The fraction of sp³-hybridized carbons (Fsp3) is 0.182. The van der Waals surface area contributed by atoms with Crippen molar-refractivity contribution in [3.63, 3.8) is 0 Å². The van der Waals surface area contributed by atoms with E-state index in [9.17, 15) is 0 Å². The summed E-state index contributed by atoms with van der Waals surface area (Å²) in [6.07, 6.45) is 10.4. The van der Waals surface area contributed by atoms with Crippen LogP contribution < -0.4 is 9.80 Å². The average molecular weight is 338 g/mol. The van der Waals surface area contributed by atoms with Gasteiger partial charge in [0.1, 0.15) is 18.2 Å². The van der Waals surface area contributed by atoms with Gasteiger partial charge >= 0.3 is 0 Å². The first-order valence-electron chi connectivity index (χ1n) is 8.97. The average Bonchev–Trinajstić information content (AvgIpc) is 3.02. The molecule has 0 spiro atoms. The smallest absolute Gasteiger partial charge is 0.162 e. The minimum atomic E-state index is -0.166. The van der Waals surface area contributed by atoms with Gasteiger partial charge in [-0.1, -0.05) is 30.3 Å². The summed E-state index contributed by atoms with van der Waals surface area (Å²) in [6.45, 7) is 4.60. The van der Waals surface area contributed by atoms with Crippen molar-refractivity contribution < 1.29 is 0 Å². The predicted octanol–water partition coefficient (Wildman–Crippen LogP) is 4.58. The number of rotatable bonds is 0. The molecule has 0 N–H and O–H groups in total. The Kier molecular flexibility index (Phi) is 2.45. The van der Waals surface area contributed by atoms with Gasteiger partial charge in [-0.25, -0.2) is 9.97 Å². The molecule has 0 radical (unpaired) electrons. The number of nitrogens with zero attached hydrogens (tertiary/aromatic N) is 4. The monoisotopic (exact) mass is 338 g/mol. The van der Waals surface area contributed by atoms with Crippen LogP contribution in [0.25, 0.3) is 22.0 Å². The summed E-state index contributed by atoms with van der Waals surface area (Å²) in [7, 11) is 0. The molecule has 1 aromatic heterocycles. The summed E-state index contributed by atoms with van der Waals surface area (Å²) >= 11 is 0. The van der Waals surface area contributed by atoms with Gasteiger partial charge in [-0.05, 0) is 54.5 Å².